The highest BCUT2D eigenvalue weighted by molar-refractivity contribution is 5.97. The number of carbonyl (C=O) groups is 5. The highest BCUT2D eigenvalue weighted by atomic mass is 19.4. The van der Waals surface area contributed by atoms with Gasteiger partial charge in [0.15, 0.2) is 28.2 Å². The number of rotatable bonds is 25. The van der Waals surface area contributed by atoms with Crippen LogP contribution in [0.4, 0.5) is 56.1 Å². The molecule has 3 aliphatic rings. The van der Waals surface area contributed by atoms with Gasteiger partial charge in [0.2, 0.25) is 59.3 Å². The molecule has 0 bridgehead atoms. The monoisotopic (exact) mass is 2000 g/mol. The summed E-state index contributed by atoms with van der Waals surface area (Å²) in [6.07, 6.45) is 5.40. The van der Waals surface area contributed by atoms with Crippen molar-refractivity contribution < 1.29 is 80.6 Å². The summed E-state index contributed by atoms with van der Waals surface area (Å²) < 4.78 is 91.0. The average Bonchev–Trinajstić information content (AvgIpc) is 1.63. The molecule has 37 heteroatoms. The molecule has 10 N–H and O–H groups in total. The Morgan fingerprint density at radius 2 is 0.705 bits per heavy atom. The molecule has 18 rings (SSSR count). The molecule has 15 aromatic rings. The van der Waals surface area contributed by atoms with Crippen LogP contribution in [0.15, 0.2) is 170 Å². The van der Waals surface area contributed by atoms with Gasteiger partial charge in [-0.1, -0.05) is 89.6 Å². The fourth-order valence-corrected chi connectivity index (χ4v) is 16.4. The van der Waals surface area contributed by atoms with E-state index in [1.807, 2.05) is 112 Å². The molecule has 5 amide bonds. The molecular formula is C109H126F6N20O11. The van der Waals surface area contributed by atoms with Crippen molar-refractivity contribution in [3.63, 3.8) is 0 Å². The predicted octanol–water partition coefficient (Wildman–Crippen LogP) is 20.8. The Balaban J connectivity index is 0.000000144. The number of nitrogens with one attached hydrogen (secondary N) is 5. The Labute approximate surface area is 841 Å². The van der Waals surface area contributed by atoms with Crippen molar-refractivity contribution in [3.8, 4) is 17.1 Å². The number of nitrogens with zero attached hydrogens (tertiary/aromatic N) is 15. The molecule has 0 radical (unpaired) electrons. The van der Waals surface area contributed by atoms with Crippen LogP contribution in [0.3, 0.4) is 0 Å². The van der Waals surface area contributed by atoms with Gasteiger partial charge in [-0.3, -0.25) is 73.4 Å². The van der Waals surface area contributed by atoms with E-state index < -0.39 is 34.4 Å². The molecule has 31 nitrogen and oxygen atoms in total. The van der Waals surface area contributed by atoms with Gasteiger partial charge in [-0.15, -0.1) is 13.2 Å². The number of aliphatic hydroxyl groups is 5. The number of imidazole rings is 5. The van der Waals surface area contributed by atoms with Crippen LogP contribution in [0.2, 0.25) is 0 Å². The molecule has 10 aromatic heterocycles. The highest BCUT2D eigenvalue weighted by Crippen LogP contribution is 2.43. The van der Waals surface area contributed by atoms with E-state index >= 15 is 0 Å². The zero-order valence-corrected chi connectivity index (χ0v) is 85.4. The molecule has 770 valence electrons. The first kappa shape index (κ1) is 107. The molecule has 0 saturated heterocycles. The van der Waals surface area contributed by atoms with E-state index in [1.165, 1.54) is 52.6 Å². The maximum absolute atomic E-state index is 13.5. The standard InChI is InChI=1S/C22H25F3N4O3.2C22H25FN4O2.C22H26N4O2.C21H25FN4O2/c1-20(2,3)12-17(30)28-19-26-15-10-11-16(21(4,5)31)27-18(15)29(19)13-6-8-14(9-7-13)32-22(23,24)25;1-13-11-14(7-8-16(13)23)12-19(28)26-21-24-17-9-10-18(22(2,3)29)25-20(17)27(21)15-5-4-6-15;1-13-7-8-15(23)11-14(13)12-19(28)26-21-24-17-9-10-18(22(2,3)29)25-20(17)27(21)16-5-4-6-16;1-14-7-9-15(10-8-14)13-19(27)25-21-23-17-11-12-18(22(2,3)28)24-20(17)26(21)16-5-4-6-16;1-12(2)13(3)19(27)25-20-23-16-10-11-17(21(4,5)28)24-18(16)26(20)15-8-6-14(22)7-9-15/h6-11,31H,12H2,1-5H3,(H,26,28,30);7-11,15,29H,4-6,12H2,1-3H3,(H,24,26,28);7-11,16,29H,4-6,12H2,1-3H3,(H,24,26,28);7-12,16,28H,4-6,13H2,1-3H3,(H,23,25,27);6-13,28H,1-5H3,(H,23,25,27)/t;;;;13-/m....0/s1. The quantitative estimate of drug-likeness (QED) is 0.0238. The van der Waals surface area contributed by atoms with Crippen molar-refractivity contribution in [2.75, 3.05) is 26.6 Å². The van der Waals surface area contributed by atoms with E-state index in [-0.39, 0.29) is 113 Å². The van der Waals surface area contributed by atoms with Gasteiger partial charge in [0.1, 0.15) is 78.8 Å². The number of carbonyl (C=O) groups excluding carboxylic acids is 5. The normalized spacial score (nSPS) is 14.0. The Bertz CT molecular complexity index is 7300. The fraction of sp³-hybridized carbons (Fsp3) is 0.404. The third-order valence-electron chi connectivity index (χ3n) is 25.6. The Morgan fingerprint density at radius 1 is 0.370 bits per heavy atom. The number of benzene rings is 5. The molecule has 3 saturated carbocycles. The van der Waals surface area contributed by atoms with Gasteiger partial charge in [-0.2, -0.15) is 0 Å². The van der Waals surface area contributed by atoms with Crippen molar-refractivity contribution in [1.29, 1.82) is 0 Å². The van der Waals surface area contributed by atoms with E-state index in [2.05, 4.69) is 81.2 Å². The molecule has 10 heterocycles. The first-order valence-corrected chi connectivity index (χ1v) is 48.7. The van der Waals surface area contributed by atoms with Crippen molar-refractivity contribution in [2.24, 2.45) is 17.3 Å². The molecule has 5 aromatic carbocycles. The minimum Gasteiger partial charge on any atom is -0.406 e. The van der Waals surface area contributed by atoms with E-state index in [9.17, 15) is 75.8 Å². The van der Waals surface area contributed by atoms with Crippen LogP contribution < -0.4 is 31.3 Å². The second-order valence-corrected chi connectivity index (χ2v) is 41.8. The SMILES string of the molecule is CC(C)(C)CC(=O)Nc1nc2ccc(C(C)(C)O)nc2n1-c1ccc(OC(F)(F)F)cc1.CC(C)[C@H](C)C(=O)Nc1nc2ccc(C(C)(C)O)nc2n1-c1ccc(F)cc1.Cc1cc(CC(=O)Nc2nc3ccc(C(C)(C)O)nc3n2C2CCC2)ccc1F.Cc1ccc(CC(=O)Nc2nc3ccc(C(C)(C)O)nc3n2C2CCC2)cc1.Cc1ccc(F)cc1CC(=O)Nc1nc2ccc(C(C)(C)O)nc2n1C1CCC1. The second kappa shape index (κ2) is 43.2. The summed E-state index contributed by atoms with van der Waals surface area (Å²) in [4.78, 5) is 109. The van der Waals surface area contributed by atoms with Crippen LogP contribution in [0.5, 0.6) is 5.75 Å². The number of hydrogen-bond donors (Lipinski definition) is 10. The van der Waals surface area contributed by atoms with Gasteiger partial charge in [-0.05, 0) is 314 Å². The summed E-state index contributed by atoms with van der Waals surface area (Å²) in [5.41, 5.74) is 8.62. The molecule has 0 unspecified atom stereocenters. The lowest BCUT2D eigenvalue weighted by Gasteiger charge is -2.28. The van der Waals surface area contributed by atoms with Crippen molar-refractivity contribution in [3.05, 3.63) is 249 Å². The fourth-order valence-electron chi connectivity index (χ4n) is 16.4. The van der Waals surface area contributed by atoms with E-state index in [0.29, 0.717) is 126 Å². The topological polar surface area (TPSA) is 409 Å². The minimum atomic E-state index is -4.81. The molecule has 146 heavy (non-hydrogen) atoms. The molecule has 3 aliphatic carbocycles. The molecule has 3 fully saturated rings. The van der Waals surface area contributed by atoms with Gasteiger partial charge in [0.25, 0.3) is 0 Å². The first-order valence-electron chi connectivity index (χ1n) is 48.7. The van der Waals surface area contributed by atoms with Crippen molar-refractivity contribution >= 4 is 115 Å². The number of fused-ring (bicyclic) bond motifs is 5. The number of aryl methyl sites for hydroxylation is 3. The number of anilines is 5. The third-order valence-corrected chi connectivity index (χ3v) is 25.6. The lowest BCUT2D eigenvalue weighted by molar-refractivity contribution is -0.274. The summed E-state index contributed by atoms with van der Waals surface area (Å²) in [7, 11) is 0. The number of halogens is 6. The summed E-state index contributed by atoms with van der Waals surface area (Å²) in [5.74, 6) is -0.483. The number of pyridine rings is 5. The lowest BCUT2D eigenvalue weighted by atomic mass is 9.92. The Morgan fingerprint density at radius 3 is 1.06 bits per heavy atom. The van der Waals surface area contributed by atoms with Crippen LogP contribution in [-0.2, 0) is 71.2 Å². The highest BCUT2D eigenvalue weighted by Gasteiger charge is 2.36. The van der Waals surface area contributed by atoms with Gasteiger partial charge >= 0.3 is 6.36 Å². The van der Waals surface area contributed by atoms with Gasteiger partial charge in [0.05, 0.1) is 59.1 Å². The lowest BCUT2D eigenvalue weighted by Crippen LogP contribution is -2.25. The molecule has 1 atom stereocenters. The first-order chi connectivity index (χ1) is 68.4. The van der Waals surface area contributed by atoms with Gasteiger partial charge in [0, 0.05) is 30.5 Å². The maximum Gasteiger partial charge on any atom is 0.573 e. The van der Waals surface area contributed by atoms with Crippen LogP contribution in [0.1, 0.15) is 255 Å². The van der Waals surface area contributed by atoms with Gasteiger partial charge < -0.3 is 30.3 Å². The van der Waals surface area contributed by atoms with E-state index in [0.717, 1.165) is 97.8 Å². The summed E-state index contributed by atoms with van der Waals surface area (Å²) in [6.45, 7) is 33.8. The molecular weight excluding hydrogens is 1880 g/mol. The zero-order valence-electron chi connectivity index (χ0n) is 85.4. The number of alkyl halides is 3. The number of hydrogen-bond acceptors (Lipinski definition) is 21. The number of aromatic nitrogens is 15. The molecule has 0 aliphatic heterocycles. The third kappa shape index (κ3) is 26.5. The summed E-state index contributed by atoms with van der Waals surface area (Å²) in [6, 6.07) is 46.3. The number of ether oxygens (including phenoxy) is 1. The number of amides is 5. The summed E-state index contributed by atoms with van der Waals surface area (Å²) >= 11 is 0. The van der Waals surface area contributed by atoms with Crippen LogP contribution in [0.25, 0.3) is 67.2 Å². The van der Waals surface area contributed by atoms with Crippen molar-refractivity contribution in [2.45, 2.75) is 268 Å². The van der Waals surface area contributed by atoms with Crippen LogP contribution in [-0.4, -0.2) is 134 Å². The van der Waals surface area contributed by atoms with Crippen LogP contribution >= 0.6 is 0 Å². The maximum atomic E-state index is 13.5. The van der Waals surface area contributed by atoms with E-state index in [1.54, 1.807) is 154 Å². The predicted molar refractivity (Wildman–Crippen MR) is 548 cm³/mol. The zero-order chi connectivity index (χ0) is 106. The van der Waals surface area contributed by atoms with Crippen molar-refractivity contribution in [1.82, 2.24) is 72.7 Å². The van der Waals surface area contributed by atoms with Crippen LogP contribution in [0, 0.1) is 55.5 Å². The Hall–Kier alpha value is -14.3. The molecule has 0 spiro atoms. The largest absolute Gasteiger partial charge is 0.573 e. The average molecular weight is 2010 g/mol. The van der Waals surface area contributed by atoms with E-state index in [4.69, 9.17) is 0 Å². The second-order valence-electron chi connectivity index (χ2n) is 41.8. The van der Waals surface area contributed by atoms with Gasteiger partial charge in [-0.25, -0.2) is 63.0 Å². The summed E-state index contributed by atoms with van der Waals surface area (Å²) in [5, 5.41) is 66.0. The smallest absolute Gasteiger partial charge is 0.406 e. The minimum absolute atomic E-state index is 0.0693. The Kier molecular flexibility index (Phi) is 31.8.